The Morgan fingerprint density at radius 3 is 2.77 bits per heavy atom. The van der Waals surface area contributed by atoms with Crippen LogP contribution in [0.4, 0.5) is 0 Å². The Morgan fingerprint density at radius 1 is 1.32 bits per heavy atom. The fourth-order valence-corrected chi connectivity index (χ4v) is 4.36. The van der Waals surface area contributed by atoms with Crippen molar-refractivity contribution in [3.8, 4) is 5.75 Å². The normalized spacial score (nSPS) is 18.4. The maximum Gasteiger partial charge on any atom is 0.278 e. The molecule has 0 aliphatic carbocycles. The number of likely N-dealkylation sites (N-methyl/N-ethyl adjacent to an activating group) is 1. The number of carbonyl (C=O) groups is 2. The number of methoxy groups -OCH3 is 1. The maximum atomic E-state index is 12.8. The van der Waals surface area contributed by atoms with E-state index in [0.717, 1.165) is 49.7 Å². The average Bonchev–Trinajstić information content (AvgIpc) is 3.07. The number of carbonyl (C=O) groups excluding carboxylic acids is 2. The molecule has 2 aliphatic heterocycles. The van der Waals surface area contributed by atoms with Gasteiger partial charge in [-0.25, -0.2) is 4.99 Å². The molecule has 0 radical (unpaired) electrons. The van der Waals surface area contributed by atoms with Gasteiger partial charge in [0.2, 0.25) is 5.91 Å². The zero-order valence-corrected chi connectivity index (χ0v) is 19.2. The second kappa shape index (κ2) is 11.3. The molecule has 2 aliphatic rings. The fraction of sp³-hybridized carbons (Fsp3) is 0.500. The van der Waals surface area contributed by atoms with Crippen molar-refractivity contribution in [3.05, 3.63) is 35.0 Å². The van der Waals surface area contributed by atoms with Gasteiger partial charge in [-0.1, -0.05) is 17.8 Å². The van der Waals surface area contributed by atoms with Gasteiger partial charge in [-0.15, -0.1) is 0 Å². The van der Waals surface area contributed by atoms with E-state index in [9.17, 15) is 9.59 Å². The minimum atomic E-state index is -0.147. The Kier molecular flexibility index (Phi) is 8.51. The van der Waals surface area contributed by atoms with E-state index < -0.39 is 0 Å². The predicted molar refractivity (Wildman–Crippen MR) is 123 cm³/mol. The first-order chi connectivity index (χ1) is 15.0. The Balaban J connectivity index is 1.79. The van der Waals surface area contributed by atoms with Crippen LogP contribution < -0.4 is 10.1 Å². The summed E-state index contributed by atoms with van der Waals surface area (Å²) in [6.07, 6.45) is 1.80. The molecule has 0 unspecified atom stereocenters. The van der Waals surface area contributed by atoms with Gasteiger partial charge in [0.05, 0.1) is 26.1 Å². The van der Waals surface area contributed by atoms with Crippen LogP contribution in [0.1, 0.15) is 25.0 Å². The van der Waals surface area contributed by atoms with Gasteiger partial charge in [0.15, 0.2) is 5.17 Å². The van der Waals surface area contributed by atoms with E-state index in [1.807, 2.05) is 32.0 Å². The molecule has 0 atom stereocenters. The highest BCUT2D eigenvalue weighted by molar-refractivity contribution is 8.14. The highest BCUT2D eigenvalue weighted by atomic mass is 32.2. The van der Waals surface area contributed by atoms with E-state index in [1.54, 1.807) is 18.1 Å². The van der Waals surface area contributed by atoms with Crippen LogP contribution in [-0.4, -0.2) is 79.0 Å². The van der Waals surface area contributed by atoms with Crippen LogP contribution in [0.2, 0.25) is 0 Å². The number of nitrogens with zero attached hydrogens (tertiary/aromatic N) is 3. The van der Waals surface area contributed by atoms with E-state index in [1.165, 1.54) is 11.8 Å². The van der Waals surface area contributed by atoms with Gasteiger partial charge in [-0.2, -0.15) is 0 Å². The summed E-state index contributed by atoms with van der Waals surface area (Å²) >= 11 is 1.28. The topological polar surface area (TPSA) is 83.5 Å². The Hall–Kier alpha value is -2.36. The van der Waals surface area contributed by atoms with E-state index in [4.69, 9.17) is 9.47 Å². The molecule has 3 rings (SSSR count). The molecule has 2 heterocycles. The van der Waals surface area contributed by atoms with Crippen LogP contribution in [-0.2, 0) is 20.9 Å². The van der Waals surface area contributed by atoms with E-state index in [2.05, 4.69) is 15.2 Å². The molecule has 9 heteroatoms. The predicted octanol–water partition coefficient (Wildman–Crippen LogP) is 1.96. The minimum Gasteiger partial charge on any atom is -0.496 e. The number of hydrogen-bond acceptors (Lipinski definition) is 7. The number of rotatable bonds is 8. The zero-order valence-electron chi connectivity index (χ0n) is 18.3. The first-order valence-electron chi connectivity index (χ1n) is 10.5. The van der Waals surface area contributed by atoms with Gasteiger partial charge in [-0.05, 0) is 37.6 Å². The minimum absolute atomic E-state index is 0.0703. The summed E-state index contributed by atoms with van der Waals surface area (Å²) in [6, 6.07) is 5.89. The molecule has 1 N–H and O–H groups in total. The third-order valence-electron chi connectivity index (χ3n) is 5.04. The average molecular weight is 447 g/mol. The van der Waals surface area contributed by atoms with E-state index in [-0.39, 0.29) is 17.6 Å². The number of nitrogens with one attached hydrogen (secondary N) is 1. The highest BCUT2D eigenvalue weighted by Crippen LogP contribution is 2.27. The molecule has 31 heavy (non-hydrogen) atoms. The quantitative estimate of drug-likeness (QED) is 0.615. The molecule has 1 saturated heterocycles. The monoisotopic (exact) mass is 446 g/mol. The lowest BCUT2D eigenvalue weighted by Gasteiger charge is -2.27. The number of morpholine rings is 1. The molecule has 0 bridgehead atoms. The smallest absolute Gasteiger partial charge is 0.278 e. The summed E-state index contributed by atoms with van der Waals surface area (Å²) in [5.74, 6) is 0.837. The lowest BCUT2D eigenvalue weighted by Crippen LogP contribution is -2.35. The van der Waals surface area contributed by atoms with Crippen molar-refractivity contribution in [3.63, 3.8) is 0 Å². The van der Waals surface area contributed by atoms with Crippen molar-refractivity contribution in [1.29, 1.82) is 0 Å². The van der Waals surface area contributed by atoms with Gasteiger partial charge in [0.25, 0.3) is 5.91 Å². The molecule has 1 aromatic rings. The van der Waals surface area contributed by atoms with Crippen molar-refractivity contribution in [2.75, 3.05) is 52.3 Å². The third kappa shape index (κ3) is 6.09. The van der Waals surface area contributed by atoms with Gasteiger partial charge in [0, 0.05) is 38.3 Å². The van der Waals surface area contributed by atoms with Crippen LogP contribution >= 0.6 is 11.8 Å². The number of amides is 2. The number of hydrogen-bond donors (Lipinski definition) is 1. The fourth-order valence-electron chi connectivity index (χ4n) is 3.47. The molecule has 168 valence electrons. The van der Waals surface area contributed by atoms with Crippen molar-refractivity contribution >= 4 is 34.8 Å². The molecule has 0 saturated carbocycles. The van der Waals surface area contributed by atoms with Crippen molar-refractivity contribution in [2.45, 2.75) is 20.4 Å². The Labute approximate surface area is 187 Å². The molecular formula is C22H30N4O4S. The van der Waals surface area contributed by atoms with Gasteiger partial charge in [-0.3, -0.25) is 19.4 Å². The summed E-state index contributed by atoms with van der Waals surface area (Å²) < 4.78 is 11.0. The second-order valence-electron chi connectivity index (χ2n) is 7.18. The van der Waals surface area contributed by atoms with E-state index >= 15 is 0 Å². The molecular weight excluding hydrogens is 416 g/mol. The van der Waals surface area contributed by atoms with Crippen molar-refractivity contribution in [2.24, 2.45) is 4.99 Å². The molecule has 0 aromatic heterocycles. The summed E-state index contributed by atoms with van der Waals surface area (Å²) in [6.45, 7) is 8.86. The van der Waals surface area contributed by atoms with Crippen molar-refractivity contribution < 1.29 is 19.1 Å². The largest absolute Gasteiger partial charge is 0.496 e. The van der Waals surface area contributed by atoms with Crippen molar-refractivity contribution in [1.82, 2.24) is 15.1 Å². The maximum absolute atomic E-state index is 12.8. The summed E-state index contributed by atoms with van der Waals surface area (Å²) in [5, 5.41) is 3.32. The van der Waals surface area contributed by atoms with Crippen LogP contribution in [0.25, 0.3) is 6.08 Å². The first-order valence-corrected chi connectivity index (χ1v) is 11.5. The second-order valence-corrected chi connectivity index (χ2v) is 8.12. The highest BCUT2D eigenvalue weighted by Gasteiger charge is 2.29. The lowest BCUT2D eigenvalue weighted by atomic mass is 10.1. The first kappa shape index (κ1) is 23.3. The number of amidine groups is 1. The molecule has 2 amide bonds. The standard InChI is InChI=1S/C22H30N4O4S/c1-4-23-20(27)15-31-22-24-18(21(28)26(22)5-2)13-16-6-7-19(29-3)17(12-16)14-25-8-10-30-11-9-25/h6-7,12-13H,4-5,8-11,14-15H2,1-3H3,(H,23,27)/b18-13+. The number of thioether (sulfide) groups is 1. The number of aliphatic imine (C=N–C) groups is 1. The molecule has 0 spiro atoms. The van der Waals surface area contributed by atoms with Crippen LogP contribution in [0, 0.1) is 0 Å². The lowest BCUT2D eigenvalue weighted by molar-refractivity contribution is -0.122. The number of benzene rings is 1. The molecule has 8 nitrogen and oxygen atoms in total. The number of ether oxygens (including phenoxy) is 2. The van der Waals surface area contributed by atoms with Gasteiger partial charge < -0.3 is 14.8 Å². The van der Waals surface area contributed by atoms with E-state index in [0.29, 0.717) is 24.0 Å². The zero-order chi connectivity index (χ0) is 22.2. The van der Waals surface area contributed by atoms with Crippen LogP contribution in [0.5, 0.6) is 5.75 Å². The summed E-state index contributed by atoms with van der Waals surface area (Å²) in [5.41, 5.74) is 2.33. The van der Waals surface area contributed by atoms with Crippen LogP contribution in [0.3, 0.4) is 0 Å². The molecule has 1 aromatic carbocycles. The summed E-state index contributed by atoms with van der Waals surface area (Å²) in [4.78, 5) is 33.1. The summed E-state index contributed by atoms with van der Waals surface area (Å²) in [7, 11) is 1.67. The van der Waals surface area contributed by atoms with Gasteiger partial charge >= 0.3 is 0 Å². The SMILES string of the molecule is CCNC(=O)CSC1=N/C(=C/c2ccc(OC)c(CN3CCOCC3)c2)C(=O)N1CC. The van der Waals surface area contributed by atoms with Crippen LogP contribution in [0.15, 0.2) is 28.9 Å². The Morgan fingerprint density at radius 2 is 2.10 bits per heavy atom. The third-order valence-corrected chi connectivity index (χ3v) is 6.02. The Bertz CT molecular complexity index is 865. The molecule has 1 fully saturated rings. The van der Waals surface area contributed by atoms with Gasteiger partial charge in [0.1, 0.15) is 11.4 Å².